The number of methoxy groups -OCH3 is 2. The van der Waals surface area contributed by atoms with Crippen LogP contribution in [-0.4, -0.2) is 51.4 Å². The molecular weight excluding hydrogens is 408 g/mol. The van der Waals surface area contributed by atoms with Gasteiger partial charge in [0, 0.05) is 11.8 Å². The average Bonchev–Trinajstić information content (AvgIpc) is 3.17. The van der Waals surface area contributed by atoms with Gasteiger partial charge in [-0.1, -0.05) is 41.6 Å². The molecule has 0 unspecified atom stereocenters. The molecule has 0 aromatic heterocycles. The van der Waals surface area contributed by atoms with E-state index >= 15 is 0 Å². The Bertz CT molecular complexity index is 1040. The Labute approximate surface area is 175 Å². The largest absolute Gasteiger partial charge is 0.497 e. The van der Waals surface area contributed by atoms with Crippen LogP contribution in [0.25, 0.3) is 0 Å². The molecule has 0 amide bonds. The number of benzene rings is 2. The monoisotopic (exact) mass is 432 g/mol. The van der Waals surface area contributed by atoms with Crippen LogP contribution in [0.4, 0.5) is 5.69 Å². The second-order valence-electron chi connectivity index (χ2n) is 7.31. The van der Waals surface area contributed by atoms with E-state index in [9.17, 15) is 8.42 Å². The van der Waals surface area contributed by atoms with Gasteiger partial charge in [-0.2, -0.15) is 0 Å². The minimum absolute atomic E-state index is 0.0923. The second-order valence-corrected chi connectivity index (χ2v) is 10.4. The predicted molar refractivity (Wildman–Crippen MR) is 118 cm³/mol. The molecular formula is C21H24N2O4S2. The number of hydrogen-bond acceptors (Lipinski definition) is 7. The summed E-state index contributed by atoms with van der Waals surface area (Å²) in [4.78, 5) is 6.82. The third-order valence-corrected chi connectivity index (χ3v) is 7.98. The van der Waals surface area contributed by atoms with Crippen LogP contribution in [0.15, 0.2) is 47.5 Å². The minimum atomic E-state index is -3.11. The van der Waals surface area contributed by atoms with Crippen molar-refractivity contribution in [1.29, 1.82) is 0 Å². The van der Waals surface area contributed by atoms with Crippen LogP contribution in [0.5, 0.6) is 11.5 Å². The maximum absolute atomic E-state index is 12.3. The fourth-order valence-corrected chi connectivity index (χ4v) is 6.65. The standard InChI is InChI=1S/C21H24N2O4S2/c1-14-4-6-15(7-5-14)11-28-21-22-17-12-29(24,25)13-19(17)23(21)18-10-16(26-2)8-9-20(18)27-3/h4-10,17,19H,11-13H2,1-3H3/t17-,19+/m1/s1. The van der Waals surface area contributed by atoms with Crippen molar-refractivity contribution in [3.8, 4) is 11.5 Å². The summed E-state index contributed by atoms with van der Waals surface area (Å²) in [6, 6.07) is 13.5. The van der Waals surface area contributed by atoms with Gasteiger partial charge in [0.05, 0.1) is 43.5 Å². The van der Waals surface area contributed by atoms with Crippen LogP contribution in [-0.2, 0) is 15.6 Å². The summed E-state index contributed by atoms with van der Waals surface area (Å²) in [7, 11) is 0.115. The molecule has 6 nitrogen and oxygen atoms in total. The fraction of sp³-hybridized carbons (Fsp3) is 0.381. The molecule has 2 aliphatic rings. The molecule has 0 N–H and O–H groups in total. The van der Waals surface area contributed by atoms with Crippen LogP contribution in [0.3, 0.4) is 0 Å². The number of nitrogens with zero attached hydrogens (tertiary/aromatic N) is 2. The molecule has 2 aromatic carbocycles. The minimum Gasteiger partial charge on any atom is -0.497 e. The molecule has 0 bridgehead atoms. The molecule has 29 heavy (non-hydrogen) atoms. The number of fused-ring (bicyclic) bond motifs is 1. The highest BCUT2D eigenvalue weighted by Gasteiger charge is 2.47. The number of amidine groups is 1. The summed E-state index contributed by atoms with van der Waals surface area (Å²) in [6.45, 7) is 2.07. The highest BCUT2D eigenvalue weighted by molar-refractivity contribution is 8.13. The summed E-state index contributed by atoms with van der Waals surface area (Å²) >= 11 is 1.62. The van der Waals surface area contributed by atoms with Crippen LogP contribution in [0, 0.1) is 6.92 Å². The SMILES string of the molecule is COc1ccc(OC)c(N2C(SCc3ccc(C)cc3)=N[C@@H]3CS(=O)(=O)C[C@@H]32)c1. The normalized spacial score (nSPS) is 22.3. The summed E-state index contributed by atoms with van der Waals surface area (Å²) in [5.74, 6) is 2.30. The first-order chi connectivity index (χ1) is 13.9. The van der Waals surface area contributed by atoms with Crippen LogP contribution >= 0.6 is 11.8 Å². The van der Waals surface area contributed by atoms with Crippen molar-refractivity contribution in [3.05, 3.63) is 53.6 Å². The summed E-state index contributed by atoms with van der Waals surface area (Å²) < 4.78 is 35.5. The molecule has 0 aliphatic carbocycles. The average molecular weight is 433 g/mol. The van der Waals surface area contributed by atoms with Crippen LogP contribution < -0.4 is 14.4 Å². The van der Waals surface area contributed by atoms with E-state index in [2.05, 4.69) is 31.2 Å². The molecule has 2 heterocycles. The molecule has 0 radical (unpaired) electrons. The number of anilines is 1. The van der Waals surface area contributed by atoms with Gasteiger partial charge in [0.1, 0.15) is 11.5 Å². The molecule has 2 aliphatic heterocycles. The van der Waals surface area contributed by atoms with Crippen molar-refractivity contribution in [1.82, 2.24) is 0 Å². The Morgan fingerprint density at radius 3 is 2.55 bits per heavy atom. The van der Waals surface area contributed by atoms with E-state index in [1.54, 1.807) is 26.0 Å². The lowest BCUT2D eigenvalue weighted by Gasteiger charge is -2.28. The number of hydrogen-bond donors (Lipinski definition) is 0. The maximum atomic E-state index is 12.3. The van der Waals surface area contributed by atoms with Crippen LogP contribution in [0.2, 0.25) is 0 Å². The Hall–Kier alpha value is -2.19. The Morgan fingerprint density at radius 2 is 1.86 bits per heavy atom. The van der Waals surface area contributed by atoms with Gasteiger partial charge < -0.3 is 14.4 Å². The molecule has 1 saturated heterocycles. The van der Waals surface area contributed by atoms with Crippen molar-refractivity contribution in [2.24, 2.45) is 4.99 Å². The molecule has 2 aromatic rings. The van der Waals surface area contributed by atoms with E-state index in [0.29, 0.717) is 11.5 Å². The van der Waals surface area contributed by atoms with Gasteiger partial charge in [-0.25, -0.2) is 8.42 Å². The number of sulfone groups is 1. The third-order valence-electron chi connectivity index (χ3n) is 5.24. The molecule has 4 rings (SSSR count). The van der Waals surface area contributed by atoms with Crippen molar-refractivity contribution in [2.75, 3.05) is 30.6 Å². The zero-order chi connectivity index (χ0) is 20.6. The van der Waals surface area contributed by atoms with E-state index in [4.69, 9.17) is 14.5 Å². The first kappa shape index (κ1) is 20.1. The summed E-state index contributed by atoms with van der Waals surface area (Å²) in [5, 5.41) is 0.821. The van der Waals surface area contributed by atoms with E-state index in [1.807, 2.05) is 23.1 Å². The van der Waals surface area contributed by atoms with E-state index in [1.165, 1.54) is 11.1 Å². The topological polar surface area (TPSA) is 68.2 Å². The van der Waals surface area contributed by atoms with Gasteiger partial charge in [-0.05, 0) is 24.6 Å². The Kier molecular flexibility index (Phi) is 5.48. The Balaban J connectivity index is 1.68. The first-order valence-corrected chi connectivity index (χ1v) is 12.2. The van der Waals surface area contributed by atoms with Gasteiger partial charge in [-0.3, -0.25) is 4.99 Å². The zero-order valence-corrected chi connectivity index (χ0v) is 18.3. The van der Waals surface area contributed by atoms with Gasteiger partial charge in [0.15, 0.2) is 15.0 Å². The quantitative estimate of drug-likeness (QED) is 0.722. The number of rotatable bonds is 5. The highest BCUT2D eigenvalue weighted by atomic mass is 32.2. The van der Waals surface area contributed by atoms with Crippen LogP contribution in [0.1, 0.15) is 11.1 Å². The van der Waals surface area contributed by atoms with Crippen molar-refractivity contribution in [2.45, 2.75) is 24.8 Å². The Morgan fingerprint density at radius 1 is 1.10 bits per heavy atom. The van der Waals surface area contributed by atoms with E-state index in [-0.39, 0.29) is 23.6 Å². The first-order valence-electron chi connectivity index (χ1n) is 9.38. The lowest BCUT2D eigenvalue weighted by atomic mass is 10.1. The molecule has 154 valence electrons. The number of thioether (sulfide) groups is 1. The number of ether oxygens (including phenoxy) is 2. The van der Waals surface area contributed by atoms with Crippen molar-refractivity contribution < 1.29 is 17.9 Å². The molecule has 0 spiro atoms. The lowest BCUT2D eigenvalue weighted by Crippen LogP contribution is -2.39. The predicted octanol–water partition coefficient (Wildman–Crippen LogP) is 3.29. The van der Waals surface area contributed by atoms with Gasteiger partial charge >= 0.3 is 0 Å². The summed E-state index contributed by atoms with van der Waals surface area (Å²) in [6.07, 6.45) is 0. The number of aliphatic imine (C=N–C) groups is 1. The molecule has 2 atom stereocenters. The molecule has 8 heteroatoms. The highest BCUT2D eigenvalue weighted by Crippen LogP contribution is 2.41. The summed E-state index contributed by atoms with van der Waals surface area (Å²) in [5.41, 5.74) is 3.21. The molecule has 0 saturated carbocycles. The van der Waals surface area contributed by atoms with Gasteiger partial charge in [0.2, 0.25) is 0 Å². The smallest absolute Gasteiger partial charge is 0.164 e. The lowest BCUT2D eigenvalue weighted by molar-refractivity contribution is 0.403. The zero-order valence-electron chi connectivity index (χ0n) is 16.7. The van der Waals surface area contributed by atoms with Crippen molar-refractivity contribution in [3.63, 3.8) is 0 Å². The van der Waals surface area contributed by atoms with Crippen molar-refractivity contribution >= 4 is 32.5 Å². The van der Waals surface area contributed by atoms with Gasteiger partial charge in [0.25, 0.3) is 0 Å². The van der Waals surface area contributed by atoms with E-state index < -0.39 is 9.84 Å². The number of aryl methyl sites for hydroxylation is 1. The van der Waals surface area contributed by atoms with Gasteiger partial charge in [-0.15, -0.1) is 0 Å². The molecule has 1 fully saturated rings. The maximum Gasteiger partial charge on any atom is 0.164 e. The third kappa shape index (κ3) is 4.09. The second kappa shape index (κ2) is 7.91. The fourth-order valence-electron chi connectivity index (χ4n) is 3.73. The van der Waals surface area contributed by atoms with E-state index in [0.717, 1.165) is 16.6 Å².